The van der Waals surface area contributed by atoms with Crippen molar-refractivity contribution in [1.82, 2.24) is 15.4 Å². The molecule has 0 atom stereocenters. The SMILES string of the molecule is CCOC(=O)c1[nH]nnc1CSc1ccc(-c2ccc(OC(F)(F)F)c(Cl)c2)cc1. The molecule has 0 saturated carbocycles. The van der Waals surface area contributed by atoms with E-state index in [1.807, 2.05) is 24.3 Å². The monoisotopic (exact) mass is 457 g/mol. The number of H-pyrrole nitrogens is 1. The van der Waals surface area contributed by atoms with Crippen molar-refractivity contribution in [2.24, 2.45) is 0 Å². The second-order valence-corrected chi connectivity index (χ2v) is 7.32. The Kier molecular flexibility index (Phi) is 6.88. The second-order valence-electron chi connectivity index (χ2n) is 5.86. The number of rotatable bonds is 7. The highest BCUT2D eigenvalue weighted by Gasteiger charge is 2.32. The summed E-state index contributed by atoms with van der Waals surface area (Å²) in [6.45, 7) is 1.96. The maximum absolute atomic E-state index is 12.4. The number of hydrogen-bond donors (Lipinski definition) is 1. The molecule has 0 fully saturated rings. The van der Waals surface area contributed by atoms with Gasteiger partial charge in [-0.3, -0.25) is 5.10 Å². The van der Waals surface area contributed by atoms with Crippen LogP contribution in [0.15, 0.2) is 47.4 Å². The normalized spacial score (nSPS) is 11.4. The van der Waals surface area contributed by atoms with Crippen LogP contribution in [0.4, 0.5) is 13.2 Å². The van der Waals surface area contributed by atoms with E-state index < -0.39 is 18.1 Å². The van der Waals surface area contributed by atoms with Crippen molar-refractivity contribution >= 4 is 29.3 Å². The summed E-state index contributed by atoms with van der Waals surface area (Å²) in [4.78, 5) is 12.7. The van der Waals surface area contributed by atoms with Crippen LogP contribution in [-0.2, 0) is 10.5 Å². The van der Waals surface area contributed by atoms with Gasteiger partial charge < -0.3 is 9.47 Å². The Labute approximate surface area is 178 Å². The number of alkyl halides is 3. The van der Waals surface area contributed by atoms with Gasteiger partial charge in [0.25, 0.3) is 0 Å². The van der Waals surface area contributed by atoms with Crippen LogP contribution in [-0.4, -0.2) is 34.3 Å². The zero-order chi connectivity index (χ0) is 21.7. The van der Waals surface area contributed by atoms with Crippen molar-refractivity contribution in [2.75, 3.05) is 6.61 Å². The van der Waals surface area contributed by atoms with E-state index in [1.165, 1.54) is 30.0 Å². The number of halogens is 4. The molecule has 0 unspecified atom stereocenters. The largest absolute Gasteiger partial charge is 0.573 e. The number of nitrogens with zero attached hydrogens (tertiary/aromatic N) is 2. The Hall–Kier alpha value is -2.72. The van der Waals surface area contributed by atoms with Crippen molar-refractivity contribution in [3.63, 3.8) is 0 Å². The highest BCUT2D eigenvalue weighted by atomic mass is 35.5. The third-order valence-corrected chi connectivity index (χ3v) is 5.14. The molecule has 11 heteroatoms. The number of aromatic nitrogens is 3. The maximum Gasteiger partial charge on any atom is 0.573 e. The van der Waals surface area contributed by atoms with Gasteiger partial charge in [0.2, 0.25) is 0 Å². The van der Waals surface area contributed by atoms with Crippen molar-refractivity contribution in [2.45, 2.75) is 23.9 Å². The number of thioether (sulfide) groups is 1. The Morgan fingerprint density at radius 3 is 2.50 bits per heavy atom. The lowest BCUT2D eigenvalue weighted by Gasteiger charge is -2.11. The topological polar surface area (TPSA) is 77.1 Å². The lowest BCUT2D eigenvalue weighted by molar-refractivity contribution is -0.274. The van der Waals surface area contributed by atoms with E-state index in [0.29, 0.717) is 17.0 Å². The van der Waals surface area contributed by atoms with E-state index in [9.17, 15) is 18.0 Å². The molecule has 2 aromatic carbocycles. The molecule has 1 aromatic heterocycles. The molecule has 0 aliphatic carbocycles. The summed E-state index contributed by atoms with van der Waals surface area (Å²) in [5.41, 5.74) is 2.12. The van der Waals surface area contributed by atoms with Gasteiger partial charge in [0, 0.05) is 10.6 Å². The Bertz CT molecular complexity index is 1030. The zero-order valence-corrected chi connectivity index (χ0v) is 17.1. The molecular formula is C19H15ClF3N3O3S. The lowest BCUT2D eigenvalue weighted by Crippen LogP contribution is -2.17. The summed E-state index contributed by atoms with van der Waals surface area (Å²) in [5, 5.41) is 9.96. The van der Waals surface area contributed by atoms with E-state index in [-0.39, 0.29) is 17.3 Å². The fourth-order valence-electron chi connectivity index (χ4n) is 2.50. The van der Waals surface area contributed by atoms with Gasteiger partial charge in [-0.25, -0.2) is 4.79 Å². The molecular weight excluding hydrogens is 443 g/mol. The molecule has 0 amide bonds. The molecule has 30 heavy (non-hydrogen) atoms. The summed E-state index contributed by atoms with van der Waals surface area (Å²) in [5.74, 6) is -0.562. The van der Waals surface area contributed by atoms with Crippen LogP contribution < -0.4 is 4.74 Å². The first kappa shape index (κ1) is 22.0. The summed E-state index contributed by atoms with van der Waals surface area (Å²) >= 11 is 7.35. The van der Waals surface area contributed by atoms with Crippen LogP contribution in [0.5, 0.6) is 5.75 Å². The smallest absolute Gasteiger partial charge is 0.461 e. The van der Waals surface area contributed by atoms with Gasteiger partial charge in [-0.15, -0.1) is 30.0 Å². The Morgan fingerprint density at radius 2 is 1.87 bits per heavy atom. The molecule has 0 bridgehead atoms. The number of esters is 1. The number of benzene rings is 2. The third kappa shape index (κ3) is 5.67. The molecule has 3 rings (SSSR count). The van der Waals surface area contributed by atoms with Gasteiger partial charge in [0.05, 0.1) is 11.6 Å². The molecule has 158 valence electrons. The zero-order valence-electron chi connectivity index (χ0n) is 15.5. The average Bonchev–Trinajstić information content (AvgIpc) is 3.16. The van der Waals surface area contributed by atoms with E-state index in [0.717, 1.165) is 10.5 Å². The van der Waals surface area contributed by atoms with E-state index in [1.54, 1.807) is 6.92 Å². The average molecular weight is 458 g/mol. The minimum absolute atomic E-state index is 0.138. The summed E-state index contributed by atoms with van der Waals surface area (Å²) in [6, 6.07) is 11.4. The first-order chi connectivity index (χ1) is 14.3. The molecule has 0 radical (unpaired) electrons. The maximum atomic E-state index is 12.4. The number of nitrogens with one attached hydrogen (secondary N) is 1. The molecule has 0 aliphatic rings. The van der Waals surface area contributed by atoms with Crippen LogP contribution >= 0.6 is 23.4 Å². The van der Waals surface area contributed by atoms with E-state index in [4.69, 9.17) is 16.3 Å². The Morgan fingerprint density at radius 1 is 1.17 bits per heavy atom. The van der Waals surface area contributed by atoms with Gasteiger partial charge in [0.1, 0.15) is 11.4 Å². The van der Waals surface area contributed by atoms with Gasteiger partial charge in [-0.1, -0.05) is 35.0 Å². The van der Waals surface area contributed by atoms with Gasteiger partial charge in [0.15, 0.2) is 5.69 Å². The standard InChI is InChI=1S/C19H15ClF3N3O3S/c1-2-28-18(27)17-15(24-26-25-17)10-30-13-6-3-11(4-7-13)12-5-8-16(14(20)9-12)29-19(21,22)23/h3-9H,2,10H2,1H3,(H,24,25,26). The van der Waals surface area contributed by atoms with Crippen LogP contribution in [0.3, 0.4) is 0 Å². The quantitative estimate of drug-likeness (QED) is 0.373. The Balaban J connectivity index is 1.67. The molecule has 1 N–H and O–H groups in total. The molecule has 0 saturated heterocycles. The van der Waals surface area contributed by atoms with Crippen molar-refractivity contribution < 1.29 is 27.4 Å². The first-order valence-corrected chi connectivity index (χ1v) is 9.98. The fourth-order valence-corrected chi connectivity index (χ4v) is 3.55. The summed E-state index contributed by atoms with van der Waals surface area (Å²) in [7, 11) is 0. The van der Waals surface area contributed by atoms with Crippen LogP contribution in [0.25, 0.3) is 11.1 Å². The predicted octanol–water partition coefficient (Wildman–Crippen LogP) is 5.49. The third-order valence-electron chi connectivity index (χ3n) is 3.82. The lowest BCUT2D eigenvalue weighted by atomic mass is 10.1. The minimum atomic E-state index is -4.80. The summed E-state index contributed by atoms with van der Waals surface area (Å²) < 4.78 is 45.9. The highest BCUT2D eigenvalue weighted by molar-refractivity contribution is 7.98. The summed E-state index contributed by atoms with van der Waals surface area (Å²) in [6.07, 6.45) is -4.80. The number of carbonyl (C=O) groups excluding carboxylic acids is 1. The van der Waals surface area contributed by atoms with E-state index >= 15 is 0 Å². The van der Waals surface area contributed by atoms with Crippen LogP contribution in [0.2, 0.25) is 5.02 Å². The molecule has 0 spiro atoms. The first-order valence-electron chi connectivity index (χ1n) is 8.62. The fraction of sp³-hybridized carbons (Fsp3) is 0.211. The number of aromatic amines is 1. The van der Waals surface area contributed by atoms with Crippen molar-refractivity contribution in [3.05, 3.63) is 58.9 Å². The van der Waals surface area contributed by atoms with Crippen molar-refractivity contribution in [3.8, 4) is 16.9 Å². The molecule has 1 heterocycles. The molecule has 6 nitrogen and oxygen atoms in total. The number of ether oxygens (including phenoxy) is 2. The van der Waals surface area contributed by atoms with E-state index in [2.05, 4.69) is 20.1 Å². The number of carbonyl (C=O) groups is 1. The van der Waals surface area contributed by atoms with Crippen LogP contribution in [0, 0.1) is 0 Å². The minimum Gasteiger partial charge on any atom is -0.461 e. The van der Waals surface area contributed by atoms with Gasteiger partial charge in [-0.05, 0) is 42.3 Å². The van der Waals surface area contributed by atoms with Crippen molar-refractivity contribution in [1.29, 1.82) is 0 Å². The van der Waals surface area contributed by atoms with Gasteiger partial charge >= 0.3 is 12.3 Å². The second kappa shape index (κ2) is 9.40. The predicted molar refractivity (Wildman–Crippen MR) is 105 cm³/mol. The number of hydrogen-bond acceptors (Lipinski definition) is 6. The molecule has 0 aliphatic heterocycles. The van der Waals surface area contributed by atoms with Crippen LogP contribution in [0.1, 0.15) is 23.1 Å². The molecule has 3 aromatic rings. The highest BCUT2D eigenvalue weighted by Crippen LogP contribution is 2.34. The van der Waals surface area contributed by atoms with Gasteiger partial charge in [-0.2, -0.15) is 0 Å².